The van der Waals surface area contributed by atoms with Gasteiger partial charge in [0.25, 0.3) is 0 Å². The van der Waals surface area contributed by atoms with Crippen molar-refractivity contribution in [1.29, 1.82) is 0 Å². The fourth-order valence-electron chi connectivity index (χ4n) is 6.09. The van der Waals surface area contributed by atoms with Crippen LogP contribution in [0.1, 0.15) is 69.2 Å². The summed E-state index contributed by atoms with van der Waals surface area (Å²) in [5, 5.41) is 0. The molecule has 2 aliphatic heterocycles. The van der Waals surface area contributed by atoms with Gasteiger partial charge in [-0.2, -0.15) is 0 Å². The van der Waals surface area contributed by atoms with Crippen LogP contribution in [-0.2, 0) is 0 Å². The van der Waals surface area contributed by atoms with E-state index < -0.39 is 0 Å². The van der Waals surface area contributed by atoms with E-state index in [4.69, 9.17) is 34.9 Å². The van der Waals surface area contributed by atoms with Gasteiger partial charge in [0.2, 0.25) is 0 Å². The Kier molecular flexibility index (Phi) is 6.72. The lowest BCUT2D eigenvalue weighted by atomic mass is 9.83. The lowest BCUT2D eigenvalue weighted by Gasteiger charge is -2.40. The molecule has 0 fully saturated rings. The normalized spacial score (nSPS) is 19.6. The second-order valence-corrected chi connectivity index (χ2v) is 13.7. The van der Waals surface area contributed by atoms with Crippen LogP contribution in [0, 0.1) is 0 Å². The van der Waals surface area contributed by atoms with Crippen molar-refractivity contribution in [2.45, 2.75) is 91.4 Å². The van der Waals surface area contributed by atoms with Gasteiger partial charge in [-0.25, -0.2) is 24.9 Å². The summed E-state index contributed by atoms with van der Waals surface area (Å²) in [4.78, 5) is 38.6. The minimum Gasteiger partial charge on any atom is -0.307 e. The van der Waals surface area contributed by atoms with Gasteiger partial charge in [-0.15, -0.1) is 0 Å². The number of anilines is 2. The van der Waals surface area contributed by atoms with Crippen LogP contribution in [0.3, 0.4) is 0 Å². The smallest absolute Gasteiger partial charge is 0.165 e. The minimum atomic E-state index is -0.235. The van der Waals surface area contributed by atoms with Crippen molar-refractivity contribution >= 4 is 23.3 Å². The van der Waals surface area contributed by atoms with Crippen molar-refractivity contribution in [3.8, 4) is 34.2 Å². The second-order valence-electron chi connectivity index (χ2n) is 13.7. The molecule has 0 atom stereocenters. The quantitative estimate of drug-likeness (QED) is 0.243. The van der Waals surface area contributed by atoms with Crippen LogP contribution in [0.25, 0.3) is 34.2 Å². The highest BCUT2D eigenvalue weighted by Crippen LogP contribution is 2.41. The topological polar surface area (TPSA) is 95.7 Å². The van der Waals surface area contributed by atoms with Gasteiger partial charge in [-0.05, 0) is 93.5 Å². The third-order valence-electron chi connectivity index (χ3n) is 9.78. The largest absolute Gasteiger partial charge is 0.307 e. The highest BCUT2D eigenvalue weighted by molar-refractivity contribution is 6.00. The molecule has 0 amide bonds. The molecule has 5 heterocycles. The zero-order chi connectivity index (χ0) is 31.7. The highest BCUT2D eigenvalue weighted by Gasteiger charge is 2.49. The maximum Gasteiger partial charge on any atom is 0.165 e. The first-order chi connectivity index (χ1) is 20.6. The lowest BCUT2D eigenvalue weighted by Crippen LogP contribution is -2.53. The molecule has 0 saturated carbocycles. The Morgan fingerprint density at radius 1 is 0.477 bits per heavy atom. The molecule has 2 aliphatic rings. The summed E-state index contributed by atoms with van der Waals surface area (Å²) >= 11 is 0. The Labute approximate surface area is 260 Å². The van der Waals surface area contributed by atoms with Gasteiger partial charge in [-0.1, -0.05) is 30.3 Å². The van der Waals surface area contributed by atoms with E-state index in [1.807, 2.05) is 80.8 Å². The molecule has 226 valence electrons. The van der Waals surface area contributed by atoms with E-state index in [0.717, 1.165) is 40.0 Å². The number of aliphatic imine (C=N–C) groups is 2. The van der Waals surface area contributed by atoms with Gasteiger partial charge in [0, 0.05) is 29.1 Å². The van der Waals surface area contributed by atoms with E-state index in [9.17, 15) is 0 Å². The third-order valence-corrected chi connectivity index (χ3v) is 9.78. The number of benzene rings is 1. The molecule has 0 aliphatic carbocycles. The van der Waals surface area contributed by atoms with E-state index >= 15 is 0 Å². The average Bonchev–Trinajstić information content (AvgIpc) is 3.25. The first-order valence-electron chi connectivity index (χ1n) is 15.1. The summed E-state index contributed by atoms with van der Waals surface area (Å²) in [6.07, 6.45) is 3.66. The predicted octanol–water partition coefficient (Wildman–Crippen LogP) is 7.25. The number of rotatable bonds is 5. The molecule has 0 radical (unpaired) electrons. The Morgan fingerprint density at radius 2 is 0.864 bits per heavy atom. The first kappa shape index (κ1) is 29.5. The van der Waals surface area contributed by atoms with Crippen molar-refractivity contribution in [2.75, 3.05) is 9.80 Å². The van der Waals surface area contributed by atoms with E-state index in [2.05, 4.69) is 65.2 Å². The average molecular weight is 588 g/mol. The van der Waals surface area contributed by atoms with Crippen molar-refractivity contribution in [1.82, 2.24) is 24.9 Å². The van der Waals surface area contributed by atoms with Crippen LogP contribution >= 0.6 is 0 Å². The second kappa shape index (κ2) is 10.0. The summed E-state index contributed by atoms with van der Waals surface area (Å²) in [5.41, 5.74) is 1.59. The van der Waals surface area contributed by atoms with Crippen LogP contribution in [0.2, 0.25) is 0 Å². The summed E-state index contributed by atoms with van der Waals surface area (Å²) < 4.78 is 0. The fraction of sp³-hybridized carbons (Fsp3) is 0.400. The summed E-state index contributed by atoms with van der Waals surface area (Å²) in [6, 6.07) is 18.0. The van der Waals surface area contributed by atoms with Crippen LogP contribution in [0.4, 0.5) is 11.6 Å². The monoisotopic (exact) mass is 587 g/mol. The maximum atomic E-state index is 4.91. The summed E-state index contributed by atoms with van der Waals surface area (Å²) in [5.74, 6) is 5.28. The molecule has 1 aromatic carbocycles. The number of nitrogens with zero attached hydrogens (tertiary/aromatic N) is 9. The Balaban J connectivity index is 1.38. The minimum absolute atomic E-state index is 0.226. The SMILES string of the molecule is CC1=NC(C)(C)C(C)(C)N1c1ccc(-c2nc(-c3ccccc3)nc(-c3ccc(N4C(C)=NC(C)(C)C4(C)C)nc3)n2)cn1. The molecule has 0 N–H and O–H groups in total. The lowest BCUT2D eigenvalue weighted by molar-refractivity contribution is 0.337. The van der Waals surface area contributed by atoms with Gasteiger partial charge < -0.3 is 9.80 Å². The first-order valence-corrected chi connectivity index (χ1v) is 15.1. The van der Waals surface area contributed by atoms with Crippen molar-refractivity contribution in [3.05, 3.63) is 67.0 Å². The molecule has 44 heavy (non-hydrogen) atoms. The van der Waals surface area contributed by atoms with Gasteiger partial charge in [-0.3, -0.25) is 9.98 Å². The highest BCUT2D eigenvalue weighted by atomic mass is 15.4. The molecule has 0 bridgehead atoms. The van der Waals surface area contributed by atoms with Crippen molar-refractivity contribution in [3.63, 3.8) is 0 Å². The fourth-order valence-corrected chi connectivity index (χ4v) is 6.09. The molecule has 6 rings (SSSR count). The molecule has 0 spiro atoms. The molecular weight excluding hydrogens is 546 g/mol. The zero-order valence-corrected chi connectivity index (χ0v) is 27.4. The standard InChI is InChI=1S/C35H41N9/c1-22-41-32(3,4)34(7,8)43(22)27-18-16-25(20-36-27)30-38-29(24-14-12-11-13-15-24)39-31(40-30)26-17-19-28(37-21-26)44-23(2)42-33(5,6)35(44,9)10/h11-21H,1-10H3. The molecule has 3 aromatic heterocycles. The van der Waals surface area contributed by atoms with Gasteiger partial charge in [0.15, 0.2) is 17.5 Å². The molecule has 0 unspecified atom stereocenters. The number of hydrogen-bond donors (Lipinski definition) is 0. The van der Waals surface area contributed by atoms with Gasteiger partial charge in [0.1, 0.15) is 23.3 Å². The third kappa shape index (κ3) is 4.66. The number of pyridine rings is 2. The maximum absolute atomic E-state index is 4.91. The zero-order valence-electron chi connectivity index (χ0n) is 27.4. The van der Waals surface area contributed by atoms with Crippen LogP contribution in [0.5, 0.6) is 0 Å². The van der Waals surface area contributed by atoms with Crippen molar-refractivity contribution in [2.24, 2.45) is 9.98 Å². The number of amidine groups is 2. The van der Waals surface area contributed by atoms with E-state index in [0.29, 0.717) is 17.5 Å². The van der Waals surface area contributed by atoms with Crippen molar-refractivity contribution < 1.29 is 0 Å². The predicted molar refractivity (Wildman–Crippen MR) is 179 cm³/mol. The summed E-state index contributed by atoms with van der Waals surface area (Å²) in [6.45, 7) is 21.5. The van der Waals surface area contributed by atoms with Crippen LogP contribution in [0.15, 0.2) is 77.0 Å². The van der Waals surface area contributed by atoms with Crippen LogP contribution in [-0.4, -0.2) is 58.7 Å². The Hall–Kier alpha value is -4.53. The number of aromatic nitrogens is 5. The molecule has 9 heteroatoms. The molecule has 9 nitrogen and oxygen atoms in total. The summed E-state index contributed by atoms with van der Waals surface area (Å²) in [7, 11) is 0. The number of hydrogen-bond acceptors (Lipinski definition) is 9. The van der Waals surface area contributed by atoms with E-state index in [-0.39, 0.29) is 22.2 Å². The van der Waals surface area contributed by atoms with E-state index in [1.54, 1.807) is 0 Å². The molecular formula is C35H41N9. The Morgan fingerprint density at radius 3 is 1.18 bits per heavy atom. The molecule has 4 aromatic rings. The molecule has 0 saturated heterocycles. The van der Waals surface area contributed by atoms with Crippen LogP contribution < -0.4 is 9.80 Å². The Bertz CT molecular complexity index is 1660. The van der Waals surface area contributed by atoms with Gasteiger partial charge >= 0.3 is 0 Å². The van der Waals surface area contributed by atoms with E-state index in [1.165, 1.54) is 0 Å². The van der Waals surface area contributed by atoms with Gasteiger partial charge in [0.05, 0.1) is 22.2 Å².